The fraction of sp³-hybridized carbons (Fsp3) is 0.360. The topological polar surface area (TPSA) is 88.9 Å². The maximum Gasteiger partial charge on any atom is 0.251 e. The Hall–Kier alpha value is -2.55. The van der Waals surface area contributed by atoms with Crippen molar-refractivity contribution in [2.24, 2.45) is 13.0 Å². The Labute approximate surface area is 220 Å². The Kier molecular flexibility index (Phi) is 8.85. The first-order valence-electron chi connectivity index (χ1n) is 11.1. The lowest BCUT2D eigenvalue weighted by atomic mass is 10.0. The van der Waals surface area contributed by atoms with E-state index in [4.69, 9.17) is 23.2 Å². The average molecular weight is 535 g/mol. The molecule has 0 fully saturated rings. The van der Waals surface area contributed by atoms with Crippen molar-refractivity contribution in [2.75, 3.05) is 11.1 Å². The largest absolute Gasteiger partial charge is 0.342 e. The summed E-state index contributed by atoms with van der Waals surface area (Å²) in [6.07, 6.45) is 0. The third-order valence-electron chi connectivity index (χ3n) is 5.56. The van der Waals surface area contributed by atoms with Crippen LogP contribution in [0.3, 0.4) is 0 Å². The van der Waals surface area contributed by atoms with Gasteiger partial charge < -0.3 is 15.2 Å². The number of halogens is 2. The molecule has 1 heterocycles. The van der Waals surface area contributed by atoms with Crippen LogP contribution >= 0.6 is 35.0 Å². The van der Waals surface area contributed by atoms with Gasteiger partial charge in [-0.05, 0) is 56.0 Å². The lowest BCUT2D eigenvalue weighted by Crippen LogP contribution is -2.33. The maximum atomic E-state index is 12.9. The number of benzene rings is 2. The Morgan fingerprint density at radius 1 is 1.03 bits per heavy atom. The molecular formula is C25H29Cl2N5O2S. The van der Waals surface area contributed by atoms with E-state index in [1.807, 2.05) is 53.8 Å². The molecule has 0 radical (unpaired) electrons. The number of nitrogens with zero attached hydrogens (tertiary/aromatic N) is 3. The van der Waals surface area contributed by atoms with Gasteiger partial charge in [-0.2, -0.15) is 0 Å². The van der Waals surface area contributed by atoms with Crippen LogP contribution in [0.2, 0.25) is 10.0 Å². The number of thioether (sulfide) groups is 1. The summed E-state index contributed by atoms with van der Waals surface area (Å²) in [5.41, 5.74) is 4.45. The lowest BCUT2D eigenvalue weighted by Gasteiger charge is -2.22. The first-order chi connectivity index (χ1) is 16.5. The van der Waals surface area contributed by atoms with Crippen molar-refractivity contribution >= 4 is 52.5 Å². The molecule has 7 nitrogen and oxygen atoms in total. The molecule has 0 unspecified atom stereocenters. The zero-order chi connectivity index (χ0) is 25.9. The van der Waals surface area contributed by atoms with E-state index in [0.717, 1.165) is 22.4 Å². The highest BCUT2D eigenvalue weighted by molar-refractivity contribution is 7.99. The summed E-state index contributed by atoms with van der Waals surface area (Å²) in [5.74, 6) is 0.408. The van der Waals surface area contributed by atoms with Gasteiger partial charge in [0.25, 0.3) is 5.91 Å². The van der Waals surface area contributed by atoms with Gasteiger partial charge in [0, 0.05) is 18.3 Å². The lowest BCUT2D eigenvalue weighted by molar-refractivity contribution is -0.113. The second-order valence-corrected chi connectivity index (χ2v) is 10.6. The summed E-state index contributed by atoms with van der Waals surface area (Å²) in [6.45, 7) is 9.97. The molecule has 3 rings (SSSR count). The Morgan fingerprint density at radius 2 is 1.69 bits per heavy atom. The minimum atomic E-state index is -0.393. The van der Waals surface area contributed by atoms with Crippen LogP contribution in [-0.4, -0.2) is 32.3 Å². The monoisotopic (exact) mass is 533 g/mol. The maximum absolute atomic E-state index is 12.9. The number of amides is 2. The molecular weight excluding hydrogens is 505 g/mol. The quantitative estimate of drug-likeness (QED) is 0.351. The molecule has 10 heteroatoms. The molecule has 1 aromatic heterocycles. The number of hydrogen-bond donors (Lipinski definition) is 2. The van der Waals surface area contributed by atoms with E-state index in [2.05, 4.69) is 20.8 Å². The number of hydrogen-bond acceptors (Lipinski definition) is 5. The standard InChI is InChI=1S/C25H29Cl2N5O2S/c1-13(2)21(29-24(34)17-7-8-18(26)19(27)11-17)23-30-31-25(32(23)6)35-12-20(33)28-22-15(4)9-14(3)10-16(22)5/h7-11,13,21H,12H2,1-6H3,(H,28,33)(H,29,34)/t21-/m1/s1. The number of aromatic nitrogens is 3. The number of rotatable bonds is 8. The SMILES string of the molecule is Cc1cc(C)c(NC(=O)CSc2nnc([C@H](NC(=O)c3ccc(Cl)c(Cl)c3)C(C)C)n2C)c(C)c1. The molecule has 2 amide bonds. The molecule has 186 valence electrons. The van der Waals surface area contributed by atoms with E-state index in [0.29, 0.717) is 26.6 Å². The van der Waals surface area contributed by atoms with Crippen LogP contribution < -0.4 is 10.6 Å². The summed E-state index contributed by atoms with van der Waals surface area (Å²) in [7, 11) is 1.82. The highest BCUT2D eigenvalue weighted by Gasteiger charge is 2.25. The number of carbonyl (C=O) groups is 2. The van der Waals surface area contributed by atoms with Crippen molar-refractivity contribution < 1.29 is 9.59 Å². The van der Waals surface area contributed by atoms with Gasteiger partial charge in [-0.15, -0.1) is 10.2 Å². The van der Waals surface area contributed by atoms with Gasteiger partial charge in [-0.1, -0.05) is 66.5 Å². The normalized spacial score (nSPS) is 12.0. The van der Waals surface area contributed by atoms with Gasteiger partial charge in [0.1, 0.15) is 0 Å². The molecule has 35 heavy (non-hydrogen) atoms. The molecule has 0 aliphatic carbocycles. The van der Waals surface area contributed by atoms with Crippen LogP contribution in [0.15, 0.2) is 35.5 Å². The van der Waals surface area contributed by atoms with Crippen molar-refractivity contribution in [1.82, 2.24) is 20.1 Å². The number of aryl methyl sites for hydroxylation is 3. The summed E-state index contributed by atoms with van der Waals surface area (Å²) in [4.78, 5) is 25.5. The van der Waals surface area contributed by atoms with Crippen LogP contribution in [0, 0.1) is 26.7 Å². The number of carbonyl (C=O) groups excluding carboxylic acids is 2. The summed E-state index contributed by atoms with van der Waals surface area (Å²) >= 11 is 13.3. The van der Waals surface area contributed by atoms with Crippen LogP contribution in [0.4, 0.5) is 5.69 Å². The molecule has 1 atom stereocenters. The van der Waals surface area contributed by atoms with E-state index >= 15 is 0 Å². The Bertz CT molecular complexity index is 1240. The third-order valence-corrected chi connectivity index (χ3v) is 7.31. The van der Waals surface area contributed by atoms with E-state index < -0.39 is 6.04 Å². The first-order valence-corrected chi connectivity index (χ1v) is 12.9. The molecule has 3 aromatic rings. The summed E-state index contributed by atoms with van der Waals surface area (Å²) in [5, 5.41) is 15.9. The fourth-order valence-corrected chi connectivity index (χ4v) is 4.81. The molecule has 2 N–H and O–H groups in total. The second-order valence-electron chi connectivity index (χ2n) is 8.83. The van der Waals surface area contributed by atoms with Crippen molar-refractivity contribution in [3.63, 3.8) is 0 Å². The Morgan fingerprint density at radius 3 is 2.29 bits per heavy atom. The molecule has 0 saturated heterocycles. The van der Waals surface area contributed by atoms with E-state index in [1.165, 1.54) is 17.8 Å². The van der Waals surface area contributed by atoms with Crippen molar-refractivity contribution in [2.45, 2.75) is 45.8 Å². The molecule has 0 aliphatic rings. The smallest absolute Gasteiger partial charge is 0.251 e. The van der Waals surface area contributed by atoms with E-state index in [-0.39, 0.29) is 23.5 Å². The first kappa shape index (κ1) is 27.0. The predicted molar refractivity (Wildman–Crippen MR) is 143 cm³/mol. The van der Waals surface area contributed by atoms with Gasteiger partial charge in [0.05, 0.1) is 21.8 Å². The molecule has 0 spiro atoms. The molecule has 0 bridgehead atoms. The van der Waals surface area contributed by atoms with Crippen LogP contribution in [0.5, 0.6) is 0 Å². The molecule has 2 aromatic carbocycles. The van der Waals surface area contributed by atoms with Crippen LogP contribution in [-0.2, 0) is 11.8 Å². The summed E-state index contributed by atoms with van der Waals surface area (Å²) < 4.78 is 1.81. The molecule has 0 saturated carbocycles. The molecule has 0 aliphatic heterocycles. The zero-order valence-electron chi connectivity index (χ0n) is 20.6. The highest BCUT2D eigenvalue weighted by Crippen LogP contribution is 2.27. The van der Waals surface area contributed by atoms with Gasteiger partial charge in [-0.25, -0.2) is 0 Å². The number of anilines is 1. The fourth-order valence-electron chi connectivity index (χ4n) is 3.80. The van der Waals surface area contributed by atoms with Crippen molar-refractivity contribution in [1.29, 1.82) is 0 Å². The van der Waals surface area contributed by atoms with Crippen LogP contribution in [0.25, 0.3) is 0 Å². The summed E-state index contributed by atoms with van der Waals surface area (Å²) in [6, 6.07) is 8.44. The van der Waals surface area contributed by atoms with Crippen molar-refractivity contribution in [3.05, 3.63) is 68.5 Å². The average Bonchev–Trinajstić information content (AvgIpc) is 3.14. The van der Waals surface area contributed by atoms with E-state index in [1.54, 1.807) is 16.7 Å². The minimum absolute atomic E-state index is 0.0401. The predicted octanol–water partition coefficient (Wildman–Crippen LogP) is 5.91. The van der Waals surface area contributed by atoms with Gasteiger partial charge >= 0.3 is 0 Å². The third kappa shape index (κ3) is 6.57. The zero-order valence-corrected chi connectivity index (χ0v) is 22.9. The second kappa shape index (κ2) is 11.5. The van der Waals surface area contributed by atoms with Gasteiger partial charge in [-0.3, -0.25) is 9.59 Å². The van der Waals surface area contributed by atoms with Gasteiger partial charge in [0.15, 0.2) is 11.0 Å². The van der Waals surface area contributed by atoms with Crippen LogP contribution in [0.1, 0.15) is 52.8 Å². The highest BCUT2D eigenvalue weighted by atomic mass is 35.5. The van der Waals surface area contributed by atoms with E-state index in [9.17, 15) is 9.59 Å². The Balaban J connectivity index is 1.69. The van der Waals surface area contributed by atoms with Crippen molar-refractivity contribution in [3.8, 4) is 0 Å². The van der Waals surface area contributed by atoms with Gasteiger partial charge in [0.2, 0.25) is 5.91 Å². The minimum Gasteiger partial charge on any atom is -0.342 e. The number of nitrogens with one attached hydrogen (secondary N) is 2.